The molecule has 0 spiro atoms. The minimum atomic E-state index is -1.10. The highest BCUT2D eigenvalue weighted by Gasteiger charge is 2.35. The number of pyridine rings is 1. The van der Waals surface area contributed by atoms with Gasteiger partial charge >= 0.3 is 5.97 Å². The molecule has 1 saturated carbocycles. The van der Waals surface area contributed by atoms with Crippen molar-refractivity contribution in [2.75, 3.05) is 6.54 Å². The van der Waals surface area contributed by atoms with Gasteiger partial charge in [-0.1, -0.05) is 25.3 Å². The van der Waals surface area contributed by atoms with Crippen LogP contribution in [-0.4, -0.2) is 39.5 Å². The summed E-state index contributed by atoms with van der Waals surface area (Å²) < 4.78 is 0. The van der Waals surface area contributed by atoms with Gasteiger partial charge < -0.3 is 10.0 Å². The van der Waals surface area contributed by atoms with Crippen LogP contribution in [0.15, 0.2) is 18.2 Å². The Morgan fingerprint density at radius 3 is 2.50 bits per heavy atom. The van der Waals surface area contributed by atoms with Gasteiger partial charge in [-0.15, -0.1) is 0 Å². The zero-order valence-electron chi connectivity index (χ0n) is 12.7. The average Bonchev–Trinajstić information content (AvgIpc) is 3.04. The van der Waals surface area contributed by atoms with E-state index >= 15 is 0 Å². The van der Waals surface area contributed by atoms with Crippen LogP contribution in [0.1, 0.15) is 65.9 Å². The van der Waals surface area contributed by atoms with Gasteiger partial charge in [-0.2, -0.15) is 0 Å². The van der Waals surface area contributed by atoms with Crippen LogP contribution >= 0.6 is 0 Å². The Bertz CT molecular complexity index is 567. The first-order valence-corrected chi connectivity index (χ1v) is 8.18. The molecule has 3 rings (SSSR count). The maximum atomic E-state index is 12.7. The molecule has 2 aliphatic rings. The number of carbonyl (C=O) groups is 2. The molecular formula is C17H22N2O3. The highest BCUT2D eigenvalue weighted by molar-refractivity contribution is 5.94. The molecule has 1 unspecified atom stereocenters. The Morgan fingerprint density at radius 2 is 1.77 bits per heavy atom. The maximum Gasteiger partial charge on any atom is 0.354 e. The lowest BCUT2D eigenvalue weighted by molar-refractivity contribution is 0.0654. The molecule has 1 N–H and O–H groups in total. The third-order valence-electron chi connectivity index (χ3n) is 4.94. The number of carbonyl (C=O) groups excluding carboxylic acids is 1. The monoisotopic (exact) mass is 302 g/mol. The molecule has 5 heteroatoms. The molecule has 2 fully saturated rings. The number of carboxylic acid groups (broad SMARTS) is 1. The van der Waals surface area contributed by atoms with Crippen LogP contribution in [0.4, 0.5) is 0 Å². The quantitative estimate of drug-likeness (QED) is 0.932. The number of nitrogens with zero attached hydrogens (tertiary/aromatic N) is 2. The average molecular weight is 302 g/mol. The molecule has 1 saturated heterocycles. The van der Waals surface area contributed by atoms with Crippen LogP contribution in [0.2, 0.25) is 0 Å². The second kappa shape index (κ2) is 6.46. The smallest absolute Gasteiger partial charge is 0.354 e. The Labute approximate surface area is 130 Å². The van der Waals surface area contributed by atoms with E-state index < -0.39 is 5.97 Å². The molecule has 1 aliphatic heterocycles. The van der Waals surface area contributed by atoms with Gasteiger partial charge in [0, 0.05) is 12.6 Å². The van der Waals surface area contributed by atoms with Crippen LogP contribution in [0.5, 0.6) is 0 Å². The van der Waals surface area contributed by atoms with Crippen molar-refractivity contribution in [1.82, 2.24) is 9.88 Å². The fourth-order valence-electron chi connectivity index (χ4n) is 3.87. The van der Waals surface area contributed by atoms with Crippen molar-refractivity contribution in [1.29, 1.82) is 0 Å². The Balaban J connectivity index is 1.78. The van der Waals surface area contributed by atoms with Crippen LogP contribution < -0.4 is 0 Å². The zero-order valence-corrected chi connectivity index (χ0v) is 12.7. The molecule has 1 atom stereocenters. The van der Waals surface area contributed by atoms with Gasteiger partial charge in [-0.25, -0.2) is 9.78 Å². The lowest BCUT2D eigenvalue weighted by Crippen LogP contribution is -2.41. The SMILES string of the molecule is O=C(O)c1cccc(C(=O)N2CCCC2C2CCCCC2)n1. The first-order valence-electron chi connectivity index (χ1n) is 8.18. The van der Waals surface area contributed by atoms with Gasteiger partial charge in [0.1, 0.15) is 11.4 Å². The first-order chi connectivity index (χ1) is 10.7. The molecule has 118 valence electrons. The number of rotatable bonds is 3. The summed E-state index contributed by atoms with van der Waals surface area (Å²) in [5.74, 6) is -0.612. The van der Waals surface area contributed by atoms with Gasteiger partial charge in [0.25, 0.3) is 5.91 Å². The summed E-state index contributed by atoms with van der Waals surface area (Å²) in [5.41, 5.74) is 0.182. The molecule has 0 aromatic carbocycles. The number of hydrogen-bond donors (Lipinski definition) is 1. The number of aromatic carboxylic acids is 1. The highest BCUT2D eigenvalue weighted by atomic mass is 16.4. The molecule has 0 bridgehead atoms. The molecule has 1 amide bonds. The second-order valence-corrected chi connectivity index (χ2v) is 6.32. The van der Waals surface area contributed by atoms with E-state index in [4.69, 9.17) is 5.11 Å². The third-order valence-corrected chi connectivity index (χ3v) is 4.94. The van der Waals surface area contributed by atoms with Crippen molar-refractivity contribution in [2.24, 2.45) is 5.92 Å². The van der Waals surface area contributed by atoms with Gasteiger partial charge in [-0.3, -0.25) is 4.79 Å². The van der Waals surface area contributed by atoms with Crippen molar-refractivity contribution < 1.29 is 14.7 Å². The molecular weight excluding hydrogens is 280 g/mol. The number of amides is 1. The van der Waals surface area contributed by atoms with E-state index in [0.29, 0.717) is 12.0 Å². The van der Waals surface area contributed by atoms with Crippen LogP contribution in [-0.2, 0) is 0 Å². The molecule has 1 aliphatic carbocycles. The first kappa shape index (κ1) is 15.0. The Hall–Kier alpha value is -1.91. The van der Waals surface area contributed by atoms with E-state index in [1.807, 2.05) is 4.90 Å². The molecule has 1 aromatic heterocycles. The molecule has 22 heavy (non-hydrogen) atoms. The Morgan fingerprint density at radius 1 is 1.05 bits per heavy atom. The summed E-state index contributed by atoms with van der Waals surface area (Å²) in [5, 5.41) is 9.02. The van der Waals surface area contributed by atoms with Crippen LogP contribution in [0, 0.1) is 5.92 Å². The summed E-state index contributed by atoms with van der Waals surface area (Å²) in [6.07, 6.45) is 8.33. The molecule has 2 heterocycles. The van der Waals surface area contributed by atoms with Gasteiger partial charge in [-0.05, 0) is 43.7 Å². The van der Waals surface area contributed by atoms with Gasteiger partial charge in [0.05, 0.1) is 0 Å². The number of aromatic nitrogens is 1. The normalized spacial score (nSPS) is 22.7. The zero-order chi connectivity index (χ0) is 15.5. The number of hydrogen-bond acceptors (Lipinski definition) is 3. The van der Waals surface area contributed by atoms with Crippen molar-refractivity contribution in [2.45, 2.75) is 51.0 Å². The summed E-state index contributed by atoms with van der Waals surface area (Å²) in [6, 6.07) is 4.94. The number of carboxylic acids is 1. The fraction of sp³-hybridized carbons (Fsp3) is 0.588. The lowest BCUT2D eigenvalue weighted by Gasteiger charge is -2.34. The molecule has 0 radical (unpaired) electrons. The summed E-state index contributed by atoms with van der Waals surface area (Å²) >= 11 is 0. The summed E-state index contributed by atoms with van der Waals surface area (Å²) in [7, 11) is 0. The second-order valence-electron chi connectivity index (χ2n) is 6.32. The summed E-state index contributed by atoms with van der Waals surface area (Å²) in [6.45, 7) is 0.763. The molecule has 1 aromatic rings. The van der Waals surface area contributed by atoms with E-state index in [1.54, 1.807) is 12.1 Å². The lowest BCUT2D eigenvalue weighted by atomic mass is 9.83. The Kier molecular flexibility index (Phi) is 4.41. The third kappa shape index (κ3) is 2.98. The minimum Gasteiger partial charge on any atom is -0.477 e. The standard InChI is InChI=1S/C17H22N2O3/c20-16(13-8-4-9-14(18-13)17(21)22)19-11-5-10-15(19)12-6-2-1-3-7-12/h4,8-9,12,15H,1-3,5-7,10-11H2,(H,21,22). The van der Waals surface area contributed by atoms with Crippen molar-refractivity contribution in [3.05, 3.63) is 29.6 Å². The van der Waals surface area contributed by atoms with Gasteiger partial charge in [0.2, 0.25) is 0 Å². The highest BCUT2D eigenvalue weighted by Crippen LogP contribution is 2.34. The van der Waals surface area contributed by atoms with E-state index in [9.17, 15) is 9.59 Å². The fourth-order valence-corrected chi connectivity index (χ4v) is 3.87. The topological polar surface area (TPSA) is 70.5 Å². The van der Waals surface area contributed by atoms with E-state index in [-0.39, 0.29) is 17.3 Å². The van der Waals surface area contributed by atoms with E-state index in [0.717, 1.165) is 19.4 Å². The van der Waals surface area contributed by atoms with Crippen molar-refractivity contribution in [3.8, 4) is 0 Å². The van der Waals surface area contributed by atoms with Crippen molar-refractivity contribution in [3.63, 3.8) is 0 Å². The maximum absolute atomic E-state index is 12.7. The van der Waals surface area contributed by atoms with E-state index in [1.165, 1.54) is 38.2 Å². The minimum absolute atomic E-state index is 0.0701. The largest absolute Gasteiger partial charge is 0.477 e. The number of likely N-dealkylation sites (tertiary alicyclic amines) is 1. The van der Waals surface area contributed by atoms with Crippen LogP contribution in [0.25, 0.3) is 0 Å². The predicted molar refractivity (Wildman–Crippen MR) is 81.8 cm³/mol. The van der Waals surface area contributed by atoms with E-state index in [2.05, 4.69) is 4.98 Å². The van der Waals surface area contributed by atoms with Gasteiger partial charge in [0.15, 0.2) is 0 Å². The molecule has 5 nitrogen and oxygen atoms in total. The summed E-state index contributed by atoms with van der Waals surface area (Å²) in [4.78, 5) is 29.7. The predicted octanol–water partition coefficient (Wildman–Crippen LogP) is 2.96. The van der Waals surface area contributed by atoms with Crippen molar-refractivity contribution >= 4 is 11.9 Å². The van der Waals surface area contributed by atoms with Crippen LogP contribution in [0.3, 0.4) is 0 Å².